The number of amides is 1. The van der Waals surface area contributed by atoms with Crippen LogP contribution in [0.2, 0.25) is 0 Å². The van der Waals surface area contributed by atoms with Crippen LogP contribution in [0.25, 0.3) is 0 Å². The molecule has 0 aliphatic carbocycles. The predicted molar refractivity (Wildman–Crippen MR) is 125 cm³/mol. The molecule has 1 aliphatic rings. The van der Waals surface area contributed by atoms with E-state index in [0.717, 1.165) is 42.6 Å². The van der Waals surface area contributed by atoms with Crippen LogP contribution in [0.5, 0.6) is 0 Å². The van der Waals surface area contributed by atoms with Crippen molar-refractivity contribution in [3.05, 3.63) is 108 Å². The summed E-state index contributed by atoms with van der Waals surface area (Å²) in [7, 11) is 1.94. The number of likely N-dealkylation sites (N-methyl/N-ethyl adjacent to an activating group) is 1. The first-order valence-corrected chi connectivity index (χ1v) is 10.7. The topological polar surface area (TPSA) is 23.6 Å². The number of carbonyl (C=O) groups is 1. The van der Waals surface area contributed by atoms with Crippen molar-refractivity contribution in [2.75, 3.05) is 20.1 Å². The standard InChI is InChI=1S/C27H32N2O/c1-4-14-24(15-5-2)26(29-20-12-13-21-29)28(3)27(30)25(22-16-8-6-9-17-22)23-18-10-7-11-19-23/h4-11,14-19,25-26H,1,12-13,20-21H2,2-3H3/b15-5-,24-14+. The van der Waals surface area contributed by atoms with Gasteiger partial charge in [0.1, 0.15) is 6.17 Å². The van der Waals surface area contributed by atoms with E-state index in [-0.39, 0.29) is 18.0 Å². The Hall–Kier alpha value is -2.91. The molecule has 1 fully saturated rings. The van der Waals surface area contributed by atoms with Crippen LogP contribution in [-0.2, 0) is 4.79 Å². The Balaban J connectivity index is 2.02. The van der Waals surface area contributed by atoms with Gasteiger partial charge in [0.15, 0.2) is 0 Å². The number of allylic oxidation sites excluding steroid dienone is 3. The first-order valence-electron chi connectivity index (χ1n) is 10.7. The summed E-state index contributed by atoms with van der Waals surface area (Å²) >= 11 is 0. The van der Waals surface area contributed by atoms with E-state index in [0.29, 0.717) is 0 Å². The molecule has 1 saturated heterocycles. The third kappa shape index (κ3) is 4.98. The van der Waals surface area contributed by atoms with E-state index >= 15 is 0 Å². The third-order valence-electron chi connectivity index (χ3n) is 5.68. The summed E-state index contributed by atoms with van der Waals surface area (Å²) in [6.45, 7) is 7.90. The lowest BCUT2D eigenvalue weighted by molar-refractivity contribution is -0.134. The lowest BCUT2D eigenvalue weighted by Crippen LogP contribution is -2.50. The minimum atomic E-state index is -0.335. The number of hydrogen-bond acceptors (Lipinski definition) is 2. The van der Waals surface area contributed by atoms with E-state index in [9.17, 15) is 4.79 Å². The molecule has 3 rings (SSSR count). The van der Waals surface area contributed by atoms with E-state index in [4.69, 9.17) is 0 Å². The first-order chi connectivity index (χ1) is 14.7. The van der Waals surface area contributed by atoms with Crippen molar-refractivity contribution < 1.29 is 4.79 Å². The highest BCUT2D eigenvalue weighted by Crippen LogP contribution is 2.30. The second kappa shape index (κ2) is 10.7. The van der Waals surface area contributed by atoms with Gasteiger partial charge in [-0.2, -0.15) is 0 Å². The maximum atomic E-state index is 14.0. The molecule has 2 aromatic rings. The summed E-state index contributed by atoms with van der Waals surface area (Å²) in [6, 6.07) is 20.1. The van der Waals surface area contributed by atoms with E-state index < -0.39 is 0 Å². The van der Waals surface area contributed by atoms with Gasteiger partial charge in [-0.1, -0.05) is 91.5 Å². The molecule has 156 valence electrons. The van der Waals surface area contributed by atoms with Gasteiger partial charge < -0.3 is 4.90 Å². The number of rotatable bonds is 8. The highest BCUT2D eigenvalue weighted by Gasteiger charge is 2.34. The fourth-order valence-corrected chi connectivity index (χ4v) is 4.31. The lowest BCUT2D eigenvalue weighted by Gasteiger charge is -2.38. The van der Waals surface area contributed by atoms with Gasteiger partial charge in [0.05, 0.1) is 5.92 Å². The first kappa shape index (κ1) is 21.8. The highest BCUT2D eigenvalue weighted by molar-refractivity contribution is 5.87. The third-order valence-corrected chi connectivity index (χ3v) is 5.68. The summed E-state index contributed by atoms with van der Waals surface area (Å²) in [5.74, 6) is -0.234. The van der Waals surface area contributed by atoms with E-state index in [1.54, 1.807) is 0 Å². The zero-order valence-corrected chi connectivity index (χ0v) is 18.1. The normalized spacial score (nSPS) is 16.2. The van der Waals surface area contributed by atoms with Crippen LogP contribution in [0.4, 0.5) is 0 Å². The van der Waals surface area contributed by atoms with Crippen molar-refractivity contribution >= 4 is 5.91 Å². The SMILES string of the molecule is C=C/C=C(\C=C/C)C(N1CCCC1)N(C)C(=O)C(c1ccccc1)c1ccccc1. The van der Waals surface area contributed by atoms with Crippen LogP contribution in [0.1, 0.15) is 36.8 Å². The molecule has 0 aromatic heterocycles. The molecular weight excluding hydrogens is 368 g/mol. The Morgan fingerprint density at radius 2 is 1.53 bits per heavy atom. The molecule has 0 radical (unpaired) electrons. The monoisotopic (exact) mass is 400 g/mol. The molecule has 3 nitrogen and oxygen atoms in total. The summed E-state index contributed by atoms with van der Waals surface area (Å²) in [5, 5.41) is 0. The van der Waals surface area contributed by atoms with Gasteiger partial charge in [-0.25, -0.2) is 0 Å². The smallest absolute Gasteiger partial charge is 0.235 e. The molecule has 3 heteroatoms. The van der Waals surface area contributed by atoms with Crippen molar-refractivity contribution in [1.82, 2.24) is 9.80 Å². The van der Waals surface area contributed by atoms with Gasteiger partial charge in [-0.15, -0.1) is 0 Å². The largest absolute Gasteiger partial charge is 0.325 e. The zero-order valence-electron chi connectivity index (χ0n) is 18.1. The molecule has 1 unspecified atom stereocenters. The van der Waals surface area contributed by atoms with Crippen LogP contribution >= 0.6 is 0 Å². The quantitative estimate of drug-likeness (QED) is 0.555. The zero-order chi connectivity index (χ0) is 21.3. The highest BCUT2D eigenvalue weighted by atomic mass is 16.2. The van der Waals surface area contributed by atoms with Crippen LogP contribution < -0.4 is 0 Å². The molecule has 30 heavy (non-hydrogen) atoms. The maximum absolute atomic E-state index is 14.0. The average molecular weight is 401 g/mol. The predicted octanol–water partition coefficient (Wildman–Crippen LogP) is 5.39. The van der Waals surface area contributed by atoms with Crippen molar-refractivity contribution in [3.63, 3.8) is 0 Å². The molecule has 0 bridgehead atoms. The second-order valence-electron chi connectivity index (χ2n) is 7.72. The molecular formula is C27H32N2O. The van der Waals surface area contributed by atoms with Gasteiger partial charge >= 0.3 is 0 Å². The van der Waals surface area contributed by atoms with Crippen molar-refractivity contribution in [2.45, 2.75) is 31.8 Å². The van der Waals surface area contributed by atoms with Crippen LogP contribution in [0, 0.1) is 0 Å². The molecule has 1 atom stereocenters. The molecule has 0 saturated carbocycles. The minimum Gasteiger partial charge on any atom is -0.325 e. The molecule has 1 amide bonds. The maximum Gasteiger partial charge on any atom is 0.235 e. The fourth-order valence-electron chi connectivity index (χ4n) is 4.31. The van der Waals surface area contributed by atoms with E-state index in [1.165, 1.54) is 0 Å². The number of benzene rings is 2. The Morgan fingerprint density at radius 1 is 1.00 bits per heavy atom. The molecule has 1 heterocycles. The Kier molecular flexibility index (Phi) is 7.81. The van der Waals surface area contributed by atoms with Gasteiger partial charge in [0, 0.05) is 20.1 Å². The Bertz CT molecular complexity index is 840. The molecule has 0 N–H and O–H groups in total. The fraction of sp³-hybridized carbons (Fsp3) is 0.296. The minimum absolute atomic E-state index is 0.101. The molecule has 2 aromatic carbocycles. The van der Waals surface area contributed by atoms with Crippen molar-refractivity contribution in [1.29, 1.82) is 0 Å². The van der Waals surface area contributed by atoms with Crippen LogP contribution in [0.3, 0.4) is 0 Å². The van der Waals surface area contributed by atoms with Gasteiger partial charge in [-0.05, 0) is 36.5 Å². The lowest BCUT2D eigenvalue weighted by atomic mass is 9.89. The molecule has 1 aliphatic heterocycles. The Morgan fingerprint density at radius 3 is 2.00 bits per heavy atom. The van der Waals surface area contributed by atoms with Crippen LogP contribution in [-0.4, -0.2) is 42.0 Å². The second-order valence-corrected chi connectivity index (χ2v) is 7.72. The number of hydrogen-bond donors (Lipinski definition) is 0. The van der Waals surface area contributed by atoms with Crippen molar-refractivity contribution in [2.24, 2.45) is 0 Å². The van der Waals surface area contributed by atoms with Gasteiger partial charge in [0.2, 0.25) is 5.91 Å². The number of carbonyl (C=O) groups excluding carboxylic acids is 1. The summed E-state index contributed by atoms with van der Waals surface area (Å²) < 4.78 is 0. The van der Waals surface area contributed by atoms with Gasteiger partial charge in [0.25, 0.3) is 0 Å². The van der Waals surface area contributed by atoms with E-state index in [1.807, 2.05) is 97.8 Å². The van der Waals surface area contributed by atoms with Crippen molar-refractivity contribution in [3.8, 4) is 0 Å². The van der Waals surface area contributed by atoms with Crippen LogP contribution in [0.15, 0.2) is 97.1 Å². The number of nitrogens with zero attached hydrogens (tertiary/aromatic N) is 2. The number of likely N-dealkylation sites (tertiary alicyclic amines) is 1. The summed E-state index contributed by atoms with van der Waals surface area (Å²) in [4.78, 5) is 18.3. The summed E-state index contributed by atoms with van der Waals surface area (Å²) in [6.07, 6.45) is 10.2. The van der Waals surface area contributed by atoms with E-state index in [2.05, 4.69) is 17.6 Å². The van der Waals surface area contributed by atoms with Gasteiger partial charge in [-0.3, -0.25) is 9.69 Å². The molecule has 0 spiro atoms. The Labute approximate surface area is 181 Å². The summed E-state index contributed by atoms with van der Waals surface area (Å²) in [5.41, 5.74) is 3.12. The average Bonchev–Trinajstić information content (AvgIpc) is 3.30.